The molecule has 9 heteroatoms. The van der Waals surface area contributed by atoms with E-state index >= 15 is 0 Å². The number of halogens is 3. The molecule has 37 heavy (non-hydrogen) atoms. The number of alkyl halides is 3. The average Bonchev–Trinajstić information content (AvgIpc) is 2.81. The molecule has 0 saturated heterocycles. The lowest BCUT2D eigenvalue weighted by Gasteiger charge is -2.29. The fourth-order valence-corrected chi connectivity index (χ4v) is 4.90. The number of aryl methyl sites for hydroxylation is 1. The standard InChI is InChI=1S/C28H25F3N2O4/c1-14-13-18-16(6-8-20(33-18)28(29,30)31)23(21(14)25(26(34)35)37-27(2,3)4)17-5-7-19-22-15(10-12-36-19)9-11-32-24(17)22/h5-9,11,13,25H,10,12H2,1-4H3,(H,34,35). The fraction of sp³-hybridized carbons (Fsp3) is 0.321. The van der Waals surface area contributed by atoms with Crippen LogP contribution in [0.3, 0.4) is 0 Å². The number of aromatic nitrogens is 2. The largest absolute Gasteiger partial charge is 0.493 e. The number of rotatable bonds is 4. The Morgan fingerprint density at radius 2 is 1.89 bits per heavy atom. The Kier molecular flexibility index (Phi) is 5.86. The summed E-state index contributed by atoms with van der Waals surface area (Å²) in [5.41, 5.74) is 1.65. The van der Waals surface area contributed by atoms with Gasteiger partial charge < -0.3 is 14.6 Å². The van der Waals surface area contributed by atoms with Crippen molar-refractivity contribution in [3.63, 3.8) is 0 Å². The number of carboxylic acid groups (broad SMARTS) is 1. The molecule has 5 rings (SSSR count). The van der Waals surface area contributed by atoms with E-state index in [2.05, 4.69) is 9.97 Å². The Labute approximate surface area is 211 Å². The zero-order valence-electron chi connectivity index (χ0n) is 20.7. The molecule has 0 fully saturated rings. The number of nitrogens with zero attached hydrogens (tertiary/aromatic N) is 2. The number of carboxylic acids is 1. The number of hydrogen-bond acceptors (Lipinski definition) is 5. The second kappa shape index (κ2) is 8.69. The lowest BCUT2D eigenvalue weighted by atomic mass is 9.86. The van der Waals surface area contributed by atoms with Gasteiger partial charge in [0.1, 0.15) is 11.4 Å². The normalized spacial score (nSPS) is 14.6. The highest BCUT2D eigenvalue weighted by Gasteiger charge is 2.35. The van der Waals surface area contributed by atoms with E-state index in [0.29, 0.717) is 51.9 Å². The summed E-state index contributed by atoms with van der Waals surface area (Å²) >= 11 is 0. The van der Waals surface area contributed by atoms with Crippen molar-refractivity contribution in [1.29, 1.82) is 0 Å². The van der Waals surface area contributed by atoms with Gasteiger partial charge in [-0.15, -0.1) is 0 Å². The van der Waals surface area contributed by atoms with E-state index in [1.807, 2.05) is 6.07 Å². The molecule has 1 atom stereocenters. The fourth-order valence-electron chi connectivity index (χ4n) is 4.90. The minimum atomic E-state index is -4.63. The molecule has 2 aromatic heterocycles. The van der Waals surface area contributed by atoms with Gasteiger partial charge in [0.05, 0.1) is 23.2 Å². The van der Waals surface area contributed by atoms with Gasteiger partial charge in [0, 0.05) is 34.5 Å². The van der Waals surface area contributed by atoms with Crippen LogP contribution in [0.25, 0.3) is 32.9 Å². The summed E-state index contributed by atoms with van der Waals surface area (Å²) in [4.78, 5) is 21.0. The van der Waals surface area contributed by atoms with Crippen molar-refractivity contribution in [2.45, 2.75) is 52.0 Å². The molecule has 0 spiro atoms. The second-order valence-corrected chi connectivity index (χ2v) is 10.1. The SMILES string of the molecule is Cc1cc2nc(C(F)(F)F)ccc2c(-c2ccc3c4c(ccnc24)CCO3)c1C(OC(C)(C)C)C(=O)O. The van der Waals surface area contributed by atoms with Crippen LogP contribution in [0, 0.1) is 6.92 Å². The maximum atomic E-state index is 13.5. The van der Waals surface area contributed by atoms with Crippen molar-refractivity contribution in [2.75, 3.05) is 6.61 Å². The molecule has 1 aliphatic rings. The van der Waals surface area contributed by atoms with Crippen molar-refractivity contribution in [1.82, 2.24) is 9.97 Å². The van der Waals surface area contributed by atoms with Gasteiger partial charge in [-0.3, -0.25) is 4.98 Å². The molecule has 1 aliphatic heterocycles. The number of hydrogen-bond donors (Lipinski definition) is 1. The predicted molar refractivity (Wildman–Crippen MR) is 133 cm³/mol. The molecule has 2 aromatic carbocycles. The van der Waals surface area contributed by atoms with Crippen molar-refractivity contribution in [2.24, 2.45) is 0 Å². The highest BCUT2D eigenvalue weighted by atomic mass is 19.4. The number of aliphatic carboxylic acids is 1. The maximum Gasteiger partial charge on any atom is 0.433 e. The van der Waals surface area contributed by atoms with Crippen LogP contribution in [0.2, 0.25) is 0 Å². The van der Waals surface area contributed by atoms with Crippen LogP contribution in [0.5, 0.6) is 5.75 Å². The Balaban J connectivity index is 1.91. The number of carbonyl (C=O) groups is 1. The molecular weight excluding hydrogens is 485 g/mol. The van der Waals surface area contributed by atoms with Crippen LogP contribution in [-0.4, -0.2) is 33.3 Å². The van der Waals surface area contributed by atoms with Gasteiger partial charge in [0.15, 0.2) is 6.10 Å². The molecule has 0 aliphatic carbocycles. The van der Waals surface area contributed by atoms with Gasteiger partial charge in [-0.2, -0.15) is 13.2 Å². The molecule has 4 aromatic rings. The van der Waals surface area contributed by atoms with Crippen LogP contribution in [0.1, 0.15) is 49.3 Å². The first kappa shape index (κ1) is 25.0. The van der Waals surface area contributed by atoms with Crippen molar-refractivity contribution in [3.8, 4) is 16.9 Å². The Hall–Kier alpha value is -3.72. The van der Waals surface area contributed by atoms with Gasteiger partial charge in [-0.05, 0) is 74.7 Å². The predicted octanol–water partition coefficient (Wildman–Crippen LogP) is 6.65. The number of fused-ring (bicyclic) bond motifs is 1. The van der Waals surface area contributed by atoms with Crippen molar-refractivity contribution in [3.05, 3.63) is 65.0 Å². The quantitative estimate of drug-likeness (QED) is 0.331. The monoisotopic (exact) mass is 510 g/mol. The summed E-state index contributed by atoms with van der Waals surface area (Å²) < 4.78 is 52.3. The van der Waals surface area contributed by atoms with Crippen LogP contribution >= 0.6 is 0 Å². The van der Waals surface area contributed by atoms with Crippen molar-refractivity contribution >= 4 is 27.8 Å². The number of ether oxygens (including phenoxy) is 2. The van der Waals surface area contributed by atoms with Gasteiger partial charge in [0.2, 0.25) is 0 Å². The molecular formula is C28H25F3N2O4. The van der Waals surface area contributed by atoms with Crippen LogP contribution < -0.4 is 4.74 Å². The van der Waals surface area contributed by atoms with Crippen LogP contribution in [0.15, 0.2) is 42.6 Å². The first-order valence-corrected chi connectivity index (χ1v) is 11.8. The van der Waals surface area contributed by atoms with E-state index in [-0.39, 0.29) is 5.52 Å². The lowest BCUT2D eigenvalue weighted by molar-refractivity contribution is -0.160. The van der Waals surface area contributed by atoms with E-state index in [1.165, 1.54) is 12.1 Å². The summed E-state index contributed by atoms with van der Waals surface area (Å²) in [7, 11) is 0. The lowest BCUT2D eigenvalue weighted by Crippen LogP contribution is -2.28. The summed E-state index contributed by atoms with van der Waals surface area (Å²) in [5, 5.41) is 11.4. The third kappa shape index (κ3) is 4.48. The Bertz CT molecular complexity index is 1550. The van der Waals surface area contributed by atoms with E-state index in [9.17, 15) is 23.1 Å². The minimum Gasteiger partial charge on any atom is -0.493 e. The minimum absolute atomic E-state index is 0.0997. The van der Waals surface area contributed by atoms with E-state index in [4.69, 9.17) is 9.47 Å². The second-order valence-electron chi connectivity index (χ2n) is 10.1. The summed E-state index contributed by atoms with van der Waals surface area (Å²) in [6.07, 6.45) is -3.66. The smallest absolute Gasteiger partial charge is 0.433 e. The van der Waals surface area contributed by atoms with Gasteiger partial charge in [-0.25, -0.2) is 9.78 Å². The van der Waals surface area contributed by atoms with Gasteiger partial charge in [-0.1, -0.05) is 6.07 Å². The molecule has 0 bridgehead atoms. The molecule has 0 amide bonds. The number of pyridine rings is 2. The highest BCUT2D eigenvalue weighted by molar-refractivity contribution is 6.08. The summed E-state index contributed by atoms with van der Waals surface area (Å²) in [5.74, 6) is -0.553. The van der Waals surface area contributed by atoms with Gasteiger partial charge >= 0.3 is 12.1 Å². The summed E-state index contributed by atoms with van der Waals surface area (Å²) in [6, 6.07) is 9.20. The topological polar surface area (TPSA) is 81.5 Å². The maximum absolute atomic E-state index is 13.5. The zero-order valence-corrected chi connectivity index (χ0v) is 20.7. The van der Waals surface area contributed by atoms with E-state index in [1.54, 1.807) is 46.0 Å². The molecule has 0 radical (unpaired) electrons. The molecule has 3 heterocycles. The van der Waals surface area contributed by atoms with E-state index < -0.39 is 29.5 Å². The molecule has 1 N–H and O–H groups in total. The zero-order chi connectivity index (χ0) is 26.7. The molecule has 0 saturated carbocycles. The third-order valence-electron chi connectivity index (χ3n) is 6.33. The first-order valence-electron chi connectivity index (χ1n) is 11.8. The van der Waals surface area contributed by atoms with Crippen LogP contribution in [-0.2, 0) is 22.1 Å². The molecule has 6 nitrogen and oxygen atoms in total. The number of benzene rings is 2. The van der Waals surface area contributed by atoms with Crippen LogP contribution in [0.4, 0.5) is 13.2 Å². The van der Waals surface area contributed by atoms with Gasteiger partial charge in [0.25, 0.3) is 0 Å². The molecule has 1 unspecified atom stereocenters. The van der Waals surface area contributed by atoms with E-state index in [0.717, 1.165) is 17.0 Å². The summed E-state index contributed by atoms with van der Waals surface area (Å²) in [6.45, 7) is 7.42. The highest BCUT2D eigenvalue weighted by Crippen LogP contribution is 2.45. The average molecular weight is 511 g/mol. The molecule has 192 valence electrons. The Morgan fingerprint density at radius 3 is 2.57 bits per heavy atom. The Morgan fingerprint density at radius 1 is 1.14 bits per heavy atom. The van der Waals surface area contributed by atoms with Crippen molar-refractivity contribution < 1.29 is 32.5 Å². The first-order chi connectivity index (χ1) is 17.3. The third-order valence-corrected chi connectivity index (χ3v) is 6.33.